The third-order valence-corrected chi connectivity index (χ3v) is 9.85. The maximum Gasteiger partial charge on any atom is 0.338 e. The van der Waals surface area contributed by atoms with E-state index in [1.807, 2.05) is 48.5 Å². The van der Waals surface area contributed by atoms with Crippen LogP contribution in [0.15, 0.2) is 84.9 Å². The molecule has 0 saturated heterocycles. The standard InChI is InChI=1S/C37H38O5/c38-21-33(39)23-41-35-11-10-31(17-34(35)37-18-25-12-26(19-37)14-27(13-25)20-37)29-6-7-30-16-32(9-8-28(30)15-29)36(40)42-22-24-4-2-1-3-5-24/h1-11,15-17,25-27,33,38-39H,12-14,18-23H2/t25?,26?,27?,33-,37?/m1/s1. The number of fused-ring (bicyclic) bond motifs is 1. The Morgan fingerprint density at radius 3 is 2.17 bits per heavy atom. The second-order valence-corrected chi connectivity index (χ2v) is 12.9. The van der Waals surface area contributed by atoms with Crippen LogP contribution in [0.2, 0.25) is 0 Å². The van der Waals surface area contributed by atoms with Crippen LogP contribution in [-0.4, -0.2) is 35.5 Å². The lowest BCUT2D eigenvalue weighted by atomic mass is 9.48. The van der Waals surface area contributed by atoms with E-state index in [9.17, 15) is 15.0 Å². The number of carbonyl (C=O) groups excluding carboxylic acids is 1. The van der Waals surface area contributed by atoms with Gasteiger partial charge in [0.15, 0.2) is 0 Å². The summed E-state index contributed by atoms with van der Waals surface area (Å²) in [4.78, 5) is 12.7. The van der Waals surface area contributed by atoms with E-state index in [4.69, 9.17) is 9.47 Å². The van der Waals surface area contributed by atoms with Gasteiger partial charge in [-0.05, 0) is 119 Å². The zero-order valence-electron chi connectivity index (χ0n) is 23.9. The fourth-order valence-electron chi connectivity index (χ4n) is 8.29. The minimum Gasteiger partial charge on any atom is -0.490 e. The number of aliphatic hydroxyl groups is 2. The van der Waals surface area contributed by atoms with E-state index in [-0.39, 0.29) is 31.2 Å². The minimum absolute atomic E-state index is 0.0846. The van der Waals surface area contributed by atoms with Crippen molar-refractivity contribution in [3.8, 4) is 16.9 Å². The van der Waals surface area contributed by atoms with Gasteiger partial charge in [0.05, 0.1) is 12.2 Å². The van der Waals surface area contributed by atoms with Crippen LogP contribution in [0.3, 0.4) is 0 Å². The molecule has 4 aromatic rings. The summed E-state index contributed by atoms with van der Waals surface area (Å²) in [5.74, 6) is 2.90. The van der Waals surface area contributed by atoms with Crippen molar-refractivity contribution in [2.24, 2.45) is 17.8 Å². The smallest absolute Gasteiger partial charge is 0.338 e. The first-order chi connectivity index (χ1) is 20.5. The molecule has 4 bridgehead atoms. The van der Waals surface area contributed by atoms with Crippen LogP contribution in [-0.2, 0) is 16.8 Å². The molecule has 4 fully saturated rings. The van der Waals surface area contributed by atoms with Crippen LogP contribution in [0.5, 0.6) is 5.75 Å². The van der Waals surface area contributed by atoms with Crippen molar-refractivity contribution in [3.05, 3.63) is 102 Å². The Bertz CT molecular complexity index is 1560. The molecule has 5 heteroatoms. The molecule has 0 spiro atoms. The van der Waals surface area contributed by atoms with Gasteiger partial charge in [-0.3, -0.25) is 0 Å². The molecule has 0 amide bonds. The summed E-state index contributed by atoms with van der Waals surface area (Å²) in [6, 6.07) is 28.3. The minimum atomic E-state index is -0.894. The first-order valence-electron chi connectivity index (χ1n) is 15.3. The van der Waals surface area contributed by atoms with Crippen molar-refractivity contribution in [1.29, 1.82) is 0 Å². The van der Waals surface area contributed by atoms with Crippen molar-refractivity contribution < 1.29 is 24.5 Å². The molecular formula is C37H38O5. The van der Waals surface area contributed by atoms with E-state index in [2.05, 4.69) is 36.4 Å². The topological polar surface area (TPSA) is 76.0 Å². The van der Waals surface area contributed by atoms with E-state index < -0.39 is 6.10 Å². The maximum atomic E-state index is 12.7. The third kappa shape index (κ3) is 5.32. The summed E-state index contributed by atoms with van der Waals surface area (Å²) in [5, 5.41) is 21.4. The molecule has 42 heavy (non-hydrogen) atoms. The van der Waals surface area contributed by atoms with Gasteiger partial charge in [-0.25, -0.2) is 4.79 Å². The molecule has 1 atom stereocenters. The lowest BCUT2D eigenvalue weighted by Crippen LogP contribution is -2.48. The van der Waals surface area contributed by atoms with Gasteiger partial charge in [0.1, 0.15) is 25.1 Å². The van der Waals surface area contributed by atoms with E-state index >= 15 is 0 Å². The number of rotatable bonds is 9. The molecule has 0 radical (unpaired) electrons. The average Bonchev–Trinajstić information content (AvgIpc) is 3.01. The van der Waals surface area contributed by atoms with Gasteiger partial charge in [-0.1, -0.05) is 54.6 Å². The molecular weight excluding hydrogens is 524 g/mol. The molecule has 4 aromatic carbocycles. The second-order valence-electron chi connectivity index (χ2n) is 12.9. The van der Waals surface area contributed by atoms with Crippen molar-refractivity contribution in [1.82, 2.24) is 0 Å². The zero-order valence-corrected chi connectivity index (χ0v) is 23.9. The van der Waals surface area contributed by atoms with E-state index in [1.165, 1.54) is 44.1 Å². The van der Waals surface area contributed by atoms with Gasteiger partial charge in [-0.15, -0.1) is 0 Å². The summed E-state index contributed by atoms with van der Waals surface area (Å²) in [7, 11) is 0. The molecule has 0 aliphatic heterocycles. The first-order valence-corrected chi connectivity index (χ1v) is 15.3. The highest BCUT2D eigenvalue weighted by Gasteiger charge is 2.52. The van der Waals surface area contributed by atoms with Crippen LogP contribution in [0.1, 0.15) is 60.0 Å². The molecule has 8 rings (SSSR count). The van der Waals surface area contributed by atoms with Gasteiger partial charge in [0.25, 0.3) is 0 Å². The summed E-state index contributed by atoms with van der Waals surface area (Å²) in [5.41, 5.74) is 5.16. The van der Waals surface area contributed by atoms with Crippen LogP contribution in [0.4, 0.5) is 0 Å². The van der Waals surface area contributed by atoms with Crippen LogP contribution >= 0.6 is 0 Å². The van der Waals surface area contributed by atoms with Crippen molar-refractivity contribution >= 4 is 16.7 Å². The van der Waals surface area contributed by atoms with Crippen LogP contribution in [0, 0.1) is 17.8 Å². The third-order valence-electron chi connectivity index (χ3n) is 9.85. The Morgan fingerprint density at radius 2 is 1.45 bits per heavy atom. The Morgan fingerprint density at radius 1 is 0.810 bits per heavy atom. The van der Waals surface area contributed by atoms with Gasteiger partial charge >= 0.3 is 5.97 Å². The first kappa shape index (κ1) is 27.2. The summed E-state index contributed by atoms with van der Waals surface area (Å²) in [6.07, 6.45) is 6.84. The highest BCUT2D eigenvalue weighted by molar-refractivity contribution is 5.96. The van der Waals surface area contributed by atoms with Crippen molar-refractivity contribution in [2.75, 3.05) is 13.2 Å². The maximum absolute atomic E-state index is 12.7. The van der Waals surface area contributed by atoms with Gasteiger partial charge in [-0.2, -0.15) is 0 Å². The SMILES string of the molecule is O=C(OCc1ccccc1)c1ccc2cc(-c3ccc(OC[C@H](O)CO)c(C45CC6CC(CC(C6)C4)C5)c3)ccc2c1. The Balaban J connectivity index is 1.17. The van der Waals surface area contributed by atoms with E-state index in [1.54, 1.807) is 0 Å². The molecule has 2 N–H and O–H groups in total. The van der Waals surface area contributed by atoms with Gasteiger partial charge in [0.2, 0.25) is 0 Å². The lowest BCUT2D eigenvalue weighted by molar-refractivity contribution is -0.00735. The molecule has 0 unspecified atom stereocenters. The number of carbonyl (C=O) groups is 1. The summed E-state index contributed by atoms with van der Waals surface area (Å²) >= 11 is 0. The van der Waals surface area contributed by atoms with Crippen molar-refractivity contribution in [3.63, 3.8) is 0 Å². The molecule has 0 aromatic heterocycles. The predicted octanol–water partition coefficient (Wildman–Crippen LogP) is 7.06. The van der Waals surface area contributed by atoms with E-state index in [0.717, 1.165) is 51.0 Å². The average molecular weight is 563 g/mol. The highest BCUT2D eigenvalue weighted by Crippen LogP contribution is 2.62. The number of hydrogen-bond donors (Lipinski definition) is 2. The van der Waals surface area contributed by atoms with Crippen LogP contribution < -0.4 is 4.74 Å². The fourth-order valence-corrected chi connectivity index (χ4v) is 8.29. The van der Waals surface area contributed by atoms with Gasteiger partial charge in [0, 0.05) is 5.56 Å². The summed E-state index contributed by atoms with van der Waals surface area (Å²) in [6.45, 7) is 0.0248. The van der Waals surface area contributed by atoms with Crippen LogP contribution in [0.25, 0.3) is 21.9 Å². The number of ether oxygens (including phenoxy) is 2. The van der Waals surface area contributed by atoms with Crippen molar-refractivity contribution in [2.45, 2.75) is 56.7 Å². The number of benzene rings is 4. The molecule has 4 aliphatic rings. The number of esters is 1. The fraction of sp³-hybridized carbons (Fsp3) is 0.378. The highest BCUT2D eigenvalue weighted by atomic mass is 16.5. The Hall–Kier alpha value is -3.67. The normalized spacial score (nSPS) is 25.0. The Kier molecular flexibility index (Phi) is 7.25. The monoisotopic (exact) mass is 562 g/mol. The second kappa shape index (κ2) is 11.2. The predicted molar refractivity (Wildman–Crippen MR) is 163 cm³/mol. The molecule has 4 saturated carbocycles. The molecule has 5 nitrogen and oxygen atoms in total. The van der Waals surface area contributed by atoms with E-state index in [0.29, 0.717) is 5.56 Å². The Labute approximate surface area is 247 Å². The lowest BCUT2D eigenvalue weighted by Gasteiger charge is -2.57. The van der Waals surface area contributed by atoms with Gasteiger partial charge < -0.3 is 19.7 Å². The summed E-state index contributed by atoms with van der Waals surface area (Å²) < 4.78 is 11.7. The number of hydrogen-bond acceptors (Lipinski definition) is 5. The molecule has 0 heterocycles. The molecule has 216 valence electrons. The molecule has 4 aliphatic carbocycles. The largest absolute Gasteiger partial charge is 0.490 e. The zero-order chi connectivity index (χ0) is 28.7. The number of aliphatic hydroxyl groups excluding tert-OH is 2. The quantitative estimate of drug-likeness (QED) is 0.214.